The monoisotopic (exact) mass is 306 g/mol. The lowest BCUT2D eigenvalue weighted by Gasteiger charge is -2.33. The number of likely N-dealkylation sites (tertiary alicyclic amines) is 1. The largest absolute Gasteiger partial charge is 0.292 e. The molecule has 0 N–H and O–H groups in total. The fourth-order valence-electron chi connectivity index (χ4n) is 3.10. The third kappa shape index (κ3) is 2.83. The molecule has 0 aliphatic carbocycles. The van der Waals surface area contributed by atoms with Gasteiger partial charge in [0.1, 0.15) is 0 Å². The molecule has 1 aromatic carbocycles. The summed E-state index contributed by atoms with van der Waals surface area (Å²) in [7, 11) is 0. The fourth-order valence-corrected chi connectivity index (χ4v) is 3.23. The molecule has 2 amide bonds. The third-order valence-electron chi connectivity index (χ3n) is 4.47. The van der Waals surface area contributed by atoms with Gasteiger partial charge < -0.3 is 0 Å². The van der Waals surface area contributed by atoms with Crippen molar-refractivity contribution in [3.05, 3.63) is 29.3 Å². The standard InChI is InChI=1S/C16H19ClN2O2/c1-11-6-8-18(9-7-11)14-10-15(20)19(16(14)21)13-4-2-12(17)3-5-13/h2-5,11,14H,6-10H2,1H3/t14-/m1/s1. The molecule has 0 aromatic heterocycles. The number of imide groups is 1. The number of halogens is 1. The van der Waals surface area contributed by atoms with Gasteiger partial charge in [-0.1, -0.05) is 18.5 Å². The first-order valence-electron chi connectivity index (χ1n) is 7.42. The van der Waals surface area contributed by atoms with Crippen LogP contribution in [0.1, 0.15) is 26.2 Å². The van der Waals surface area contributed by atoms with E-state index in [0.717, 1.165) is 25.9 Å². The highest BCUT2D eigenvalue weighted by molar-refractivity contribution is 6.30. The summed E-state index contributed by atoms with van der Waals surface area (Å²) in [5.41, 5.74) is 0.613. The topological polar surface area (TPSA) is 40.6 Å². The van der Waals surface area contributed by atoms with Crippen molar-refractivity contribution in [3.8, 4) is 0 Å². The van der Waals surface area contributed by atoms with Gasteiger partial charge in [-0.2, -0.15) is 0 Å². The minimum Gasteiger partial charge on any atom is -0.292 e. The first kappa shape index (κ1) is 14.5. The molecule has 5 heteroatoms. The lowest BCUT2D eigenvalue weighted by Crippen LogP contribution is -2.45. The van der Waals surface area contributed by atoms with Crippen LogP contribution in [0.25, 0.3) is 0 Å². The van der Waals surface area contributed by atoms with E-state index in [2.05, 4.69) is 11.8 Å². The van der Waals surface area contributed by atoms with Crippen molar-refractivity contribution >= 4 is 29.1 Å². The summed E-state index contributed by atoms with van der Waals surface area (Å²) in [6, 6.07) is 6.55. The number of amides is 2. The van der Waals surface area contributed by atoms with Gasteiger partial charge in [0.2, 0.25) is 5.91 Å². The van der Waals surface area contributed by atoms with Crippen molar-refractivity contribution in [1.29, 1.82) is 0 Å². The van der Waals surface area contributed by atoms with E-state index in [1.54, 1.807) is 24.3 Å². The van der Waals surface area contributed by atoms with Gasteiger partial charge in [0.25, 0.3) is 5.91 Å². The third-order valence-corrected chi connectivity index (χ3v) is 4.72. The number of hydrogen-bond acceptors (Lipinski definition) is 3. The Bertz CT molecular complexity index is 550. The summed E-state index contributed by atoms with van der Waals surface area (Å²) in [4.78, 5) is 28.3. The zero-order valence-electron chi connectivity index (χ0n) is 12.1. The van der Waals surface area contributed by atoms with Crippen LogP contribution in [0.15, 0.2) is 24.3 Å². The van der Waals surface area contributed by atoms with Gasteiger partial charge in [-0.25, -0.2) is 4.90 Å². The van der Waals surface area contributed by atoms with Crippen molar-refractivity contribution in [2.75, 3.05) is 18.0 Å². The molecule has 2 fully saturated rings. The van der Waals surface area contributed by atoms with Gasteiger partial charge in [-0.3, -0.25) is 14.5 Å². The Kier molecular flexibility index (Phi) is 4.00. The molecular formula is C16H19ClN2O2. The Morgan fingerprint density at radius 3 is 2.33 bits per heavy atom. The van der Waals surface area contributed by atoms with Gasteiger partial charge >= 0.3 is 0 Å². The molecule has 0 spiro atoms. The average Bonchev–Trinajstić information content (AvgIpc) is 2.76. The maximum atomic E-state index is 12.6. The first-order chi connectivity index (χ1) is 10.1. The maximum absolute atomic E-state index is 12.6. The Hall–Kier alpha value is -1.39. The van der Waals surface area contributed by atoms with Crippen molar-refractivity contribution in [1.82, 2.24) is 4.90 Å². The number of piperidine rings is 1. The Morgan fingerprint density at radius 2 is 1.71 bits per heavy atom. The predicted molar refractivity (Wildman–Crippen MR) is 82.3 cm³/mol. The van der Waals surface area contributed by atoms with E-state index in [1.165, 1.54) is 4.90 Å². The summed E-state index contributed by atoms with van der Waals surface area (Å²) in [6.45, 7) is 4.04. The molecule has 2 aliphatic heterocycles. The fraction of sp³-hybridized carbons (Fsp3) is 0.500. The van der Waals surface area contributed by atoms with E-state index in [-0.39, 0.29) is 24.3 Å². The van der Waals surface area contributed by atoms with Gasteiger partial charge in [-0.15, -0.1) is 0 Å². The summed E-state index contributed by atoms with van der Waals surface area (Å²) >= 11 is 5.86. The van der Waals surface area contributed by atoms with Crippen LogP contribution in [0.4, 0.5) is 5.69 Å². The Labute approximate surface area is 129 Å². The van der Waals surface area contributed by atoms with Crippen LogP contribution in [0.5, 0.6) is 0 Å². The minimum atomic E-state index is -0.291. The minimum absolute atomic E-state index is 0.100. The SMILES string of the molecule is CC1CCN([C@@H]2CC(=O)N(c3ccc(Cl)cc3)C2=O)CC1. The molecule has 2 aliphatic rings. The molecule has 2 saturated heterocycles. The highest BCUT2D eigenvalue weighted by atomic mass is 35.5. The highest BCUT2D eigenvalue weighted by Gasteiger charge is 2.43. The second-order valence-electron chi connectivity index (χ2n) is 5.98. The molecule has 2 heterocycles. The zero-order chi connectivity index (χ0) is 15.0. The van der Waals surface area contributed by atoms with Crippen molar-refractivity contribution in [2.45, 2.75) is 32.2 Å². The van der Waals surface area contributed by atoms with E-state index in [1.807, 2.05) is 0 Å². The molecule has 3 rings (SSSR count). The number of hydrogen-bond donors (Lipinski definition) is 0. The summed E-state index contributed by atoms with van der Waals surface area (Å²) in [5.74, 6) is 0.489. The second kappa shape index (κ2) is 5.78. The molecule has 21 heavy (non-hydrogen) atoms. The molecule has 0 unspecified atom stereocenters. The zero-order valence-corrected chi connectivity index (χ0v) is 12.8. The number of anilines is 1. The quantitative estimate of drug-likeness (QED) is 0.789. The average molecular weight is 307 g/mol. The van der Waals surface area contributed by atoms with Crippen LogP contribution in [0.3, 0.4) is 0 Å². The number of nitrogens with zero attached hydrogens (tertiary/aromatic N) is 2. The highest BCUT2D eigenvalue weighted by Crippen LogP contribution is 2.29. The van der Waals surface area contributed by atoms with Crippen molar-refractivity contribution in [2.24, 2.45) is 5.92 Å². The van der Waals surface area contributed by atoms with Crippen molar-refractivity contribution in [3.63, 3.8) is 0 Å². The van der Waals surface area contributed by atoms with E-state index in [4.69, 9.17) is 11.6 Å². The van der Waals surface area contributed by atoms with Crippen LogP contribution in [0.2, 0.25) is 5.02 Å². The molecule has 112 valence electrons. The lowest BCUT2D eigenvalue weighted by atomic mass is 9.97. The maximum Gasteiger partial charge on any atom is 0.251 e. The molecule has 0 bridgehead atoms. The summed E-state index contributed by atoms with van der Waals surface area (Å²) in [6.07, 6.45) is 2.48. The molecule has 0 radical (unpaired) electrons. The van der Waals surface area contributed by atoms with E-state index >= 15 is 0 Å². The van der Waals surface area contributed by atoms with Gasteiger partial charge in [0, 0.05) is 5.02 Å². The van der Waals surface area contributed by atoms with E-state index in [0.29, 0.717) is 16.6 Å². The van der Waals surface area contributed by atoms with Gasteiger partial charge in [-0.05, 0) is 56.1 Å². The molecule has 1 atom stereocenters. The molecular weight excluding hydrogens is 288 g/mol. The van der Waals surface area contributed by atoms with Crippen LogP contribution >= 0.6 is 11.6 Å². The van der Waals surface area contributed by atoms with Crippen LogP contribution in [-0.4, -0.2) is 35.8 Å². The van der Waals surface area contributed by atoms with Gasteiger partial charge in [0.05, 0.1) is 18.2 Å². The van der Waals surface area contributed by atoms with E-state index in [9.17, 15) is 9.59 Å². The van der Waals surface area contributed by atoms with Crippen LogP contribution < -0.4 is 4.90 Å². The van der Waals surface area contributed by atoms with E-state index < -0.39 is 0 Å². The molecule has 1 aromatic rings. The Morgan fingerprint density at radius 1 is 1.10 bits per heavy atom. The number of rotatable bonds is 2. The number of carbonyl (C=O) groups is 2. The lowest BCUT2D eigenvalue weighted by molar-refractivity contribution is -0.123. The molecule has 0 saturated carbocycles. The normalized spacial score (nSPS) is 24.9. The predicted octanol–water partition coefficient (Wildman–Crippen LogP) is 2.70. The second-order valence-corrected chi connectivity index (χ2v) is 6.42. The summed E-state index contributed by atoms with van der Waals surface area (Å²) in [5, 5.41) is 0.597. The number of carbonyl (C=O) groups excluding carboxylic acids is 2. The number of benzene rings is 1. The van der Waals surface area contributed by atoms with Crippen LogP contribution in [0, 0.1) is 5.92 Å². The summed E-state index contributed by atoms with van der Waals surface area (Å²) < 4.78 is 0. The Balaban J connectivity index is 1.77. The molecule has 4 nitrogen and oxygen atoms in total. The van der Waals surface area contributed by atoms with Gasteiger partial charge in [0.15, 0.2) is 0 Å². The van der Waals surface area contributed by atoms with Crippen molar-refractivity contribution < 1.29 is 9.59 Å². The smallest absolute Gasteiger partial charge is 0.251 e. The first-order valence-corrected chi connectivity index (χ1v) is 7.80. The van der Waals surface area contributed by atoms with Crippen LogP contribution in [-0.2, 0) is 9.59 Å².